The number of phenolic OH excluding ortho intramolecular Hbond substituents is 2. The summed E-state index contributed by atoms with van der Waals surface area (Å²) in [6.45, 7) is 0. The Hall–Kier alpha value is -6.03. The van der Waals surface area contributed by atoms with E-state index < -0.39 is 12.9 Å². The number of ether oxygens (including phenoxy) is 4. The highest BCUT2D eigenvalue weighted by atomic mass is 35.5. The Bertz CT molecular complexity index is 2170. The number of benzene rings is 4. The van der Waals surface area contributed by atoms with Crippen LogP contribution >= 0.6 is 11.6 Å². The fraction of sp³-hybridized carbons (Fsp3) is 0.158. The van der Waals surface area contributed by atoms with Crippen molar-refractivity contribution in [1.29, 1.82) is 0 Å². The van der Waals surface area contributed by atoms with Crippen LogP contribution in [0.4, 0.5) is 8.78 Å². The summed E-state index contributed by atoms with van der Waals surface area (Å²) in [5.41, 5.74) is 4.85. The third-order valence-electron chi connectivity index (χ3n) is 7.58. The molecule has 12 nitrogen and oxygen atoms in total. The van der Waals surface area contributed by atoms with Crippen LogP contribution in [0, 0.1) is 11.6 Å². The zero-order valence-electron chi connectivity index (χ0n) is 29.6. The molecular formula is C38H36BClF2N4O8. The van der Waals surface area contributed by atoms with Crippen LogP contribution in [-0.2, 0) is 12.8 Å². The number of halogens is 3. The van der Waals surface area contributed by atoms with Crippen molar-refractivity contribution in [2.75, 3.05) is 28.4 Å². The summed E-state index contributed by atoms with van der Waals surface area (Å²) in [6, 6.07) is 21.7. The fourth-order valence-electron chi connectivity index (χ4n) is 4.99. The van der Waals surface area contributed by atoms with Gasteiger partial charge in [0, 0.05) is 47.4 Å². The van der Waals surface area contributed by atoms with Gasteiger partial charge in [-0.15, -0.1) is 0 Å². The average molecular weight is 761 g/mol. The molecule has 0 aliphatic heterocycles. The van der Waals surface area contributed by atoms with Crippen molar-refractivity contribution in [2.24, 2.45) is 0 Å². The Morgan fingerprint density at radius 1 is 0.574 bits per heavy atom. The van der Waals surface area contributed by atoms with Crippen molar-refractivity contribution in [1.82, 2.24) is 19.9 Å². The van der Waals surface area contributed by atoms with E-state index in [-0.39, 0.29) is 28.5 Å². The first-order valence-electron chi connectivity index (χ1n) is 16.0. The van der Waals surface area contributed by atoms with Crippen molar-refractivity contribution in [3.63, 3.8) is 0 Å². The van der Waals surface area contributed by atoms with Gasteiger partial charge in [0.15, 0.2) is 23.0 Å². The summed E-state index contributed by atoms with van der Waals surface area (Å²) >= 11 is 5.77. The highest BCUT2D eigenvalue weighted by Gasteiger charge is 2.17. The number of phenols is 2. The van der Waals surface area contributed by atoms with E-state index in [9.17, 15) is 19.0 Å². The summed E-state index contributed by atoms with van der Waals surface area (Å²) in [6.07, 6.45) is 3.97. The van der Waals surface area contributed by atoms with Gasteiger partial charge in [-0.25, -0.2) is 28.7 Å². The normalized spacial score (nSPS) is 10.2. The molecule has 0 saturated carbocycles. The van der Waals surface area contributed by atoms with E-state index in [2.05, 4.69) is 19.9 Å². The molecule has 280 valence electrons. The Morgan fingerprint density at radius 3 is 1.57 bits per heavy atom. The van der Waals surface area contributed by atoms with Gasteiger partial charge in [-0.05, 0) is 65.7 Å². The van der Waals surface area contributed by atoms with E-state index in [1.54, 1.807) is 36.4 Å². The highest BCUT2D eigenvalue weighted by molar-refractivity contribution is 6.59. The van der Waals surface area contributed by atoms with Crippen molar-refractivity contribution in [3.8, 4) is 45.8 Å². The van der Waals surface area contributed by atoms with Gasteiger partial charge in [0.05, 0.1) is 34.1 Å². The van der Waals surface area contributed by atoms with Crippen LogP contribution in [0.3, 0.4) is 0 Å². The van der Waals surface area contributed by atoms with E-state index >= 15 is 0 Å². The maximum atomic E-state index is 13.4. The Balaban J connectivity index is 0.000000194. The summed E-state index contributed by atoms with van der Waals surface area (Å²) in [5, 5.41) is 37.5. The SMILES string of the molecule is COc1cc(F)ccc1B(O)O.COc1ccc(Cc2cc(-c3ccc(F)cc3OC)ncn2)cc1O.COc1ccc(Cc2cc(Cl)ncn2)cc1O. The number of rotatable bonds is 10. The first-order chi connectivity index (χ1) is 25.9. The van der Waals surface area contributed by atoms with Gasteiger partial charge in [0.2, 0.25) is 0 Å². The topological polar surface area (TPSA) is 169 Å². The van der Waals surface area contributed by atoms with Crippen LogP contribution in [0.2, 0.25) is 5.15 Å². The molecule has 6 rings (SSSR count). The molecule has 2 aromatic heterocycles. The third-order valence-corrected chi connectivity index (χ3v) is 7.79. The minimum Gasteiger partial charge on any atom is -0.504 e. The highest BCUT2D eigenvalue weighted by Crippen LogP contribution is 2.31. The lowest BCUT2D eigenvalue weighted by atomic mass is 9.79. The summed E-state index contributed by atoms with van der Waals surface area (Å²) in [7, 11) is 4.20. The molecule has 0 bridgehead atoms. The molecule has 0 atom stereocenters. The second kappa shape index (κ2) is 19.7. The summed E-state index contributed by atoms with van der Waals surface area (Å²) in [5.74, 6) is 0.758. The minimum absolute atomic E-state index is 0.0782. The maximum Gasteiger partial charge on any atom is 0.492 e. The van der Waals surface area contributed by atoms with Gasteiger partial charge in [0.1, 0.15) is 40.9 Å². The molecule has 0 aliphatic rings. The number of hydrogen-bond acceptors (Lipinski definition) is 12. The zero-order chi connectivity index (χ0) is 39.2. The van der Waals surface area contributed by atoms with Crippen molar-refractivity contribution >= 4 is 24.2 Å². The van der Waals surface area contributed by atoms with Crippen LogP contribution in [0.25, 0.3) is 11.3 Å². The maximum absolute atomic E-state index is 13.4. The molecule has 0 radical (unpaired) electrons. The number of methoxy groups -OCH3 is 4. The molecule has 0 saturated heterocycles. The number of nitrogens with zero attached hydrogens (tertiary/aromatic N) is 4. The van der Waals surface area contributed by atoms with Crippen LogP contribution in [0.5, 0.6) is 34.5 Å². The van der Waals surface area contributed by atoms with Gasteiger partial charge < -0.3 is 39.2 Å². The minimum atomic E-state index is -1.64. The number of hydrogen-bond donors (Lipinski definition) is 4. The monoisotopic (exact) mass is 760 g/mol. The lowest BCUT2D eigenvalue weighted by Gasteiger charge is -2.09. The Labute approximate surface area is 315 Å². The van der Waals surface area contributed by atoms with Crippen molar-refractivity contribution < 1.29 is 48.0 Å². The van der Waals surface area contributed by atoms with E-state index in [1.807, 2.05) is 18.2 Å². The second-order valence-corrected chi connectivity index (χ2v) is 11.6. The van der Waals surface area contributed by atoms with Crippen LogP contribution in [-0.4, -0.2) is 75.8 Å². The van der Waals surface area contributed by atoms with E-state index in [4.69, 9.17) is 40.6 Å². The predicted octanol–water partition coefficient (Wildman–Crippen LogP) is 5.55. The molecule has 0 spiro atoms. The average Bonchev–Trinajstić information content (AvgIpc) is 3.15. The molecule has 0 amide bonds. The second-order valence-electron chi connectivity index (χ2n) is 11.2. The van der Waals surface area contributed by atoms with Gasteiger partial charge >= 0.3 is 7.12 Å². The van der Waals surface area contributed by atoms with Gasteiger partial charge in [-0.3, -0.25) is 0 Å². The first kappa shape index (κ1) is 40.7. The molecule has 4 N–H and O–H groups in total. The molecule has 54 heavy (non-hydrogen) atoms. The number of aromatic nitrogens is 4. The smallest absolute Gasteiger partial charge is 0.492 e. The number of aromatic hydroxyl groups is 2. The van der Waals surface area contributed by atoms with Gasteiger partial charge in [-0.2, -0.15) is 0 Å². The molecule has 0 aliphatic carbocycles. The predicted molar refractivity (Wildman–Crippen MR) is 199 cm³/mol. The van der Waals surface area contributed by atoms with Crippen LogP contribution in [0.15, 0.2) is 97.6 Å². The van der Waals surface area contributed by atoms with Crippen molar-refractivity contribution in [2.45, 2.75) is 12.8 Å². The molecule has 0 fully saturated rings. The Morgan fingerprint density at radius 2 is 1.07 bits per heavy atom. The lowest BCUT2D eigenvalue weighted by molar-refractivity contribution is 0.373. The first-order valence-corrected chi connectivity index (χ1v) is 16.3. The van der Waals surface area contributed by atoms with Gasteiger partial charge in [-0.1, -0.05) is 29.8 Å². The fourth-order valence-corrected chi connectivity index (χ4v) is 5.16. The lowest BCUT2D eigenvalue weighted by Crippen LogP contribution is -2.31. The van der Waals surface area contributed by atoms with Crippen molar-refractivity contribution in [3.05, 3.63) is 137 Å². The molecular weight excluding hydrogens is 725 g/mol. The van der Waals surface area contributed by atoms with E-state index in [0.717, 1.165) is 34.6 Å². The quantitative estimate of drug-likeness (QED) is 0.102. The summed E-state index contributed by atoms with van der Waals surface area (Å²) in [4.78, 5) is 16.4. The molecule has 0 unspecified atom stereocenters. The van der Waals surface area contributed by atoms with E-state index in [1.165, 1.54) is 59.3 Å². The van der Waals surface area contributed by atoms with Gasteiger partial charge in [0.25, 0.3) is 0 Å². The van der Waals surface area contributed by atoms with Crippen LogP contribution < -0.4 is 24.4 Å². The molecule has 2 heterocycles. The zero-order valence-corrected chi connectivity index (χ0v) is 30.3. The molecule has 4 aromatic carbocycles. The third kappa shape index (κ3) is 11.5. The standard InChI is InChI=1S/C19H17FN2O3.C12H11ClN2O2.C7H8BFO3/c1-24-18-6-3-12(8-17(18)23)7-14-10-16(22-11-21-14)15-5-4-13(20)9-19(15)25-2;1-17-11-3-2-8(5-10(11)16)4-9-6-12(13)15-7-14-9;1-12-7-4-5(9)2-3-6(7)8(10)11/h3-6,8-11,23H,7H2,1-2H3;2-3,5-7,16H,4H2,1H3;2-4,10-11H,1H3. The van der Waals surface area contributed by atoms with Crippen LogP contribution in [0.1, 0.15) is 22.5 Å². The summed E-state index contributed by atoms with van der Waals surface area (Å²) < 4.78 is 45.9. The molecule has 16 heteroatoms. The molecule has 6 aromatic rings. The largest absolute Gasteiger partial charge is 0.504 e. The van der Waals surface area contributed by atoms with E-state index in [0.29, 0.717) is 46.5 Å². The Kier molecular flexibility index (Phi) is 14.9.